The van der Waals surface area contributed by atoms with Gasteiger partial charge in [-0.1, -0.05) is 24.3 Å². The van der Waals surface area contributed by atoms with Crippen LogP contribution in [0.5, 0.6) is 5.75 Å². The number of ketones is 1. The molecular formula is C16H16FNO2. The maximum Gasteiger partial charge on any atom is 0.196 e. The van der Waals surface area contributed by atoms with Crippen LogP contribution in [0.25, 0.3) is 0 Å². The minimum absolute atomic E-state index is 0.0373. The van der Waals surface area contributed by atoms with Gasteiger partial charge in [0.15, 0.2) is 5.78 Å². The number of carbonyl (C=O) groups is 1. The fraction of sp³-hybridized carbons (Fsp3) is 0.188. The summed E-state index contributed by atoms with van der Waals surface area (Å²) >= 11 is 0. The standard InChI is InChI=1S/C16H16FNO2/c1-20-12-6-7-14(15(17)10-12)16(19)13-5-3-2-4-11(13)8-9-18/h2-7,10H,8-9,18H2,1H3. The third kappa shape index (κ3) is 2.86. The van der Waals surface area contributed by atoms with Crippen LogP contribution in [0.4, 0.5) is 4.39 Å². The van der Waals surface area contributed by atoms with Crippen molar-refractivity contribution in [1.29, 1.82) is 0 Å². The Morgan fingerprint density at radius 2 is 1.95 bits per heavy atom. The first-order valence-electron chi connectivity index (χ1n) is 6.33. The minimum Gasteiger partial charge on any atom is -0.497 e. The van der Waals surface area contributed by atoms with Crippen LogP contribution in [0.15, 0.2) is 42.5 Å². The number of hydrogen-bond acceptors (Lipinski definition) is 3. The van der Waals surface area contributed by atoms with Crippen LogP contribution >= 0.6 is 0 Å². The van der Waals surface area contributed by atoms with Gasteiger partial charge in [-0.05, 0) is 30.7 Å². The van der Waals surface area contributed by atoms with Crippen molar-refractivity contribution in [1.82, 2.24) is 0 Å². The summed E-state index contributed by atoms with van der Waals surface area (Å²) < 4.78 is 18.9. The van der Waals surface area contributed by atoms with E-state index in [0.717, 1.165) is 5.56 Å². The Morgan fingerprint density at radius 3 is 2.60 bits per heavy atom. The van der Waals surface area contributed by atoms with E-state index in [-0.39, 0.29) is 11.3 Å². The van der Waals surface area contributed by atoms with E-state index in [9.17, 15) is 9.18 Å². The average Bonchev–Trinajstić information content (AvgIpc) is 2.47. The lowest BCUT2D eigenvalue weighted by Gasteiger charge is -2.09. The molecule has 0 amide bonds. The van der Waals surface area contributed by atoms with Crippen LogP contribution in [0.3, 0.4) is 0 Å². The maximum absolute atomic E-state index is 14.0. The Balaban J connectivity index is 2.41. The Labute approximate surface area is 117 Å². The maximum atomic E-state index is 14.0. The predicted molar refractivity (Wildman–Crippen MR) is 75.6 cm³/mol. The molecule has 104 valence electrons. The fourth-order valence-corrected chi connectivity index (χ4v) is 2.07. The molecule has 0 aliphatic carbocycles. The lowest BCUT2D eigenvalue weighted by Crippen LogP contribution is -2.11. The molecule has 3 nitrogen and oxygen atoms in total. The molecule has 2 aromatic rings. The lowest BCUT2D eigenvalue weighted by atomic mass is 9.96. The molecule has 0 aliphatic rings. The Kier molecular flexibility index (Phi) is 4.48. The number of methoxy groups -OCH3 is 1. The number of benzene rings is 2. The molecule has 2 rings (SSSR count). The number of carbonyl (C=O) groups excluding carboxylic acids is 1. The van der Waals surface area contributed by atoms with E-state index in [1.807, 2.05) is 12.1 Å². The van der Waals surface area contributed by atoms with Gasteiger partial charge in [0.1, 0.15) is 11.6 Å². The van der Waals surface area contributed by atoms with E-state index in [1.165, 1.54) is 19.2 Å². The molecule has 2 N–H and O–H groups in total. The van der Waals surface area contributed by atoms with Gasteiger partial charge >= 0.3 is 0 Å². The first-order chi connectivity index (χ1) is 9.67. The zero-order chi connectivity index (χ0) is 14.5. The van der Waals surface area contributed by atoms with Gasteiger partial charge in [-0.15, -0.1) is 0 Å². The highest BCUT2D eigenvalue weighted by molar-refractivity contribution is 6.10. The van der Waals surface area contributed by atoms with Crippen LogP contribution in [0.2, 0.25) is 0 Å². The summed E-state index contributed by atoms with van der Waals surface area (Å²) in [6.07, 6.45) is 0.583. The molecule has 0 saturated carbocycles. The second-order valence-electron chi connectivity index (χ2n) is 4.37. The van der Waals surface area contributed by atoms with E-state index in [4.69, 9.17) is 10.5 Å². The van der Waals surface area contributed by atoms with Gasteiger partial charge in [-0.25, -0.2) is 4.39 Å². The molecule has 0 heterocycles. The summed E-state index contributed by atoms with van der Waals surface area (Å²) in [6.45, 7) is 0.440. The fourth-order valence-electron chi connectivity index (χ4n) is 2.07. The molecule has 0 atom stereocenters. The zero-order valence-electron chi connectivity index (χ0n) is 11.2. The molecule has 0 bridgehead atoms. The van der Waals surface area contributed by atoms with Crippen LogP contribution in [-0.2, 0) is 6.42 Å². The van der Waals surface area contributed by atoms with Crippen LogP contribution in [-0.4, -0.2) is 19.4 Å². The van der Waals surface area contributed by atoms with Gasteiger partial charge in [0.25, 0.3) is 0 Å². The van der Waals surface area contributed by atoms with E-state index >= 15 is 0 Å². The Morgan fingerprint density at radius 1 is 1.20 bits per heavy atom. The Bertz CT molecular complexity index is 626. The van der Waals surface area contributed by atoms with Crippen molar-refractivity contribution in [3.05, 3.63) is 65.0 Å². The van der Waals surface area contributed by atoms with Crippen LogP contribution in [0.1, 0.15) is 21.5 Å². The smallest absolute Gasteiger partial charge is 0.196 e. The molecule has 0 radical (unpaired) electrons. The van der Waals surface area contributed by atoms with Crippen LogP contribution < -0.4 is 10.5 Å². The third-order valence-corrected chi connectivity index (χ3v) is 3.10. The molecule has 4 heteroatoms. The molecule has 20 heavy (non-hydrogen) atoms. The monoisotopic (exact) mass is 273 g/mol. The zero-order valence-corrected chi connectivity index (χ0v) is 11.2. The molecule has 0 aliphatic heterocycles. The van der Waals surface area contributed by atoms with Gasteiger partial charge < -0.3 is 10.5 Å². The van der Waals surface area contributed by atoms with Gasteiger partial charge in [-0.2, -0.15) is 0 Å². The normalized spacial score (nSPS) is 10.3. The third-order valence-electron chi connectivity index (χ3n) is 3.10. The largest absolute Gasteiger partial charge is 0.497 e. The highest BCUT2D eigenvalue weighted by Crippen LogP contribution is 2.21. The van der Waals surface area contributed by atoms with Gasteiger partial charge in [0, 0.05) is 11.6 Å². The summed E-state index contributed by atoms with van der Waals surface area (Å²) in [4.78, 5) is 12.4. The highest BCUT2D eigenvalue weighted by atomic mass is 19.1. The second-order valence-corrected chi connectivity index (χ2v) is 4.37. The Hall–Kier alpha value is -2.20. The number of halogens is 1. The van der Waals surface area contributed by atoms with Crippen molar-refractivity contribution in [2.75, 3.05) is 13.7 Å². The first-order valence-corrected chi connectivity index (χ1v) is 6.33. The molecule has 2 aromatic carbocycles. The first kappa shape index (κ1) is 14.2. The van der Waals surface area contributed by atoms with E-state index in [1.54, 1.807) is 18.2 Å². The minimum atomic E-state index is -0.586. The van der Waals surface area contributed by atoms with Crippen molar-refractivity contribution in [2.45, 2.75) is 6.42 Å². The molecule has 0 saturated heterocycles. The lowest BCUT2D eigenvalue weighted by molar-refractivity contribution is 0.103. The molecule has 0 spiro atoms. The highest BCUT2D eigenvalue weighted by Gasteiger charge is 2.17. The number of rotatable bonds is 5. The summed E-state index contributed by atoms with van der Waals surface area (Å²) in [5.41, 5.74) is 6.89. The molecular weight excluding hydrogens is 257 g/mol. The van der Waals surface area contributed by atoms with E-state index in [0.29, 0.717) is 24.3 Å². The number of ether oxygens (including phenoxy) is 1. The topological polar surface area (TPSA) is 52.3 Å². The predicted octanol–water partition coefficient (Wildman–Crippen LogP) is 2.57. The van der Waals surface area contributed by atoms with Crippen molar-refractivity contribution in [3.63, 3.8) is 0 Å². The van der Waals surface area contributed by atoms with Crippen molar-refractivity contribution >= 4 is 5.78 Å². The van der Waals surface area contributed by atoms with Crippen LogP contribution in [0, 0.1) is 5.82 Å². The molecule has 0 aromatic heterocycles. The average molecular weight is 273 g/mol. The second kappa shape index (κ2) is 6.30. The molecule has 0 unspecified atom stereocenters. The van der Waals surface area contributed by atoms with Crippen molar-refractivity contribution in [2.24, 2.45) is 5.73 Å². The number of nitrogens with two attached hydrogens (primary N) is 1. The SMILES string of the molecule is COc1ccc(C(=O)c2ccccc2CCN)c(F)c1. The van der Waals surface area contributed by atoms with Crippen molar-refractivity contribution < 1.29 is 13.9 Å². The summed E-state index contributed by atoms with van der Waals surface area (Å²) in [5, 5.41) is 0. The van der Waals surface area contributed by atoms with Gasteiger partial charge in [-0.3, -0.25) is 4.79 Å². The van der Waals surface area contributed by atoms with Crippen molar-refractivity contribution in [3.8, 4) is 5.75 Å². The quantitative estimate of drug-likeness (QED) is 0.852. The number of hydrogen-bond donors (Lipinski definition) is 1. The molecule has 0 fully saturated rings. The summed E-state index contributed by atoms with van der Waals surface area (Å²) in [7, 11) is 1.45. The van der Waals surface area contributed by atoms with E-state index in [2.05, 4.69) is 0 Å². The van der Waals surface area contributed by atoms with Gasteiger partial charge in [0.05, 0.1) is 12.7 Å². The summed E-state index contributed by atoms with van der Waals surface area (Å²) in [6, 6.07) is 11.3. The summed E-state index contributed by atoms with van der Waals surface area (Å²) in [5.74, 6) is -0.541. The van der Waals surface area contributed by atoms with Gasteiger partial charge in [0.2, 0.25) is 0 Å². The van der Waals surface area contributed by atoms with E-state index < -0.39 is 5.82 Å².